The van der Waals surface area contributed by atoms with E-state index in [-0.39, 0.29) is 18.3 Å². The van der Waals surface area contributed by atoms with Crippen molar-refractivity contribution in [1.29, 1.82) is 0 Å². The zero-order valence-corrected chi connectivity index (χ0v) is 11.8. The van der Waals surface area contributed by atoms with Gasteiger partial charge in [-0.1, -0.05) is 30.3 Å². The van der Waals surface area contributed by atoms with Gasteiger partial charge < -0.3 is 10.1 Å². The Labute approximate surface area is 120 Å². The van der Waals surface area contributed by atoms with Crippen LogP contribution in [0, 0.1) is 0 Å². The normalized spacial score (nSPS) is 10.1. The number of carbonyl (C=O) groups is 2. The van der Waals surface area contributed by atoms with Crippen LogP contribution in [0.25, 0.3) is 0 Å². The maximum absolute atomic E-state index is 11.8. The van der Waals surface area contributed by atoms with Crippen LogP contribution in [0.1, 0.15) is 11.3 Å². The van der Waals surface area contributed by atoms with Gasteiger partial charge in [-0.25, -0.2) is 4.98 Å². The minimum atomic E-state index is -0.350. The van der Waals surface area contributed by atoms with Gasteiger partial charge in [-0.15, -0.1) is 11.3 Å². The van der Waals surface area contributed by atoms with E-state index in [0.29, 0.717) is 17.2 Å². The smallest absolute Gasteiger partial charge is 0.311 e. The molecule has 1 amide bonds. The van der Waals surface area contributed by atoms with Crippen LogP contribution in [-0.4, -0.2) is 24.0 Å². The second-order valence-corrected chi connectivity index (χ2v) is 4.97. The molecule has 0 saturated heterocycles. The van der Waals surface area contributed by atoms with Gasteiger partial charge in [0.15, 0.2) is 5.13 Å². The molecule has 0 spiro atoms. The van der Waals surface area contributed by atoms with Crippen LogP contribution in [0.15, 0.2) is 35.7 Å². The first-order valence-electron chi connectivity index (χ1n) is 6.02. The van der Waals surface area contributed by atoms with Crippen LogP contribution in [-0.2, 0) is 27.2 Å². The zero-order chi connectivity index (χ0) is 14.4. The van der Waals surface area contributed by atoms with E-state index in [4.69, 9.17) is 0 Å². The van der Waals surface area contributed by atoms with Crippen molar-refractivity contribution in [3.8, 4) is 0 Å². The number of esters is 1. The number of amides is 1. The lowest BCUT2D eigenvalue weighted by atomic mass is 10.1. The molecule has 0 saturated carbocycles. The van der Waals surface area contributed by atoms with Gasteiger partial charge in [0.05, 0.1) is 25.6 Å². The fourth-order valence-corrected chi connectivity index (χ4v) is 2.34. The Balaban J connectivity index is 1.90. The number of anilines is 1. The molecule has 1 aromatic heterocycles. The van der Waals surface area contributed by atoms with Gasteiger partial charge in [0.2, 0.25) is 5.91 Å². The lowest BCUT2D eigenvalue weighted by Gasteiger charge is -2.01. The first kappa shape index (κ1) is 14.2. The van der Waals surface area contributed by atoms with E-state index in [0.717, 1.165) is 5.56 Å². The SMILES string of the molecule is COC(=O)Cc1csc(NC(=O)Cc2ccccc2)n1. The lowest BCUT2D eigenvalue weighted by molar-refractivity contribution is -0.139. The molecule has 0 atom stereocenters. The number of carbonyl (C=O) groups excluding carboxylic acids is 2. The monoisotopic (exact) mass is 290 g/mol. The summed E-state index contributed by atoms with van der Waals surface area (Å²) in [5, 5.41) is 4.94. The molecule has 0 fully saturated rings. The predicted octanol–water partition coefficient (Wildman–Crippen LogP) is 2.04. The number of nitrogens with zero attached hydrogens (tertiary/aromatic N) is 1. The Morgan fingerprint density at radius 2 is 2.00 bits per heavy atom. The Morgan fingerprint density at radius 3 is 2.70 bits per heavy atom. The molecule has 6 heteroatoms. The summed E-state index contributed by atoms with van der Waals surface area (Å²) in [6.45, 7) is 0. The van der Waals surface area contributed by atoms with Crippen molar-refractivity contribution < 1.29 is 14.3 Å². The van der Waals surface area contributed by atoms with Gasteiger partial charge in [-0.3, -0.25) is 9.59 Å². The molecule has 1 heterocycles. The number of rotatable bonds is 5. The van der Waals surface area contributed by atoms with Crippen molar-refractivity contribution >= 4 is 28.3 Å². The fraction of sp³-hybridized carbons (Fsp3) is 0.214. The molecule has 104 valence electrons. The second-order valence-electron chi connectivity index (χ2n) is 4.11. The highest BCUT2D eigenvalue weighted by Gasteiger charge is 2.10. The number of hydrogen-bond donors (Lipinski definition) is 1. The molecule has 2 rings (SSSR count). The molecule has 1 aromatic carbocycles. The first-order chi connectivity index (χ1) is 9.67. The quantitative estimate of drug-likeness (QED) is 0.856. The summed E-state index contributed by atoms with van der Waals surface area (Å²) in [5.41, 5.74) is 1.54. The summed E-state index contributed by atoms with van der Waals surface area (Å²) in [5.74, 6) is -0.479. The van der Waals surface area contributed by atoms with E-state index in [1.54, 1.807) is 5.38 Å². The predicted molar refractivity (Wildman–Crippen MR) is 76.6 cm³/mol. The molecule has 0 unspecified atom stereocenters. The minimum Gasteiger partial charge on any atom is -0.469 e. The molecule has 0 aliphatic heterocycles. The number of thiazole rings is 1. The standard InChI is InChI=1S/C14H14N2O3S/c1-19-13(18)8-11-9-20-14(15-11)16-12(17)7-10-5-3-2-4-6-10/h2-6,9H,7-8H2,1H3,(H,15,16,17). The first-order valence-corrected chi connectivity index (χ1v) is 6.90. The molecule has 0 aliphatic carbocycles. The van der Waals surface area contributed by atoms with Gasteiger partial charge in [-0.2, -0.15) is 0 Å². The van der Waals surface area contributed by atoms with Crippen LogP contribution < -0.4 is 5.32 Å². The van der Waals surface area contributed by atoms with Gasteiger partial charge in [0, 0.05) is 5.38 Å². The van der Waals surface area contributed by atoms with E-state index in [1.165, 1.54) is 18.4 Å². The van der Waals surface area contributed by atoms with Crippen LogP contribution in [0.4, 0.5) is 5.13 Å². The molecule has 2 aromatic rings. The summed E-state index contributed by atoms with van der Waals surface area (Å²) in [7, 11) is 1.33. The van der Waals surface area contributed by atoms with Gasteiger partial charge >= 0.3 is 5.97 Å². The summed E-state index contributed by atoms with van der Waals surface area (Å²) >= 11 is 1.29. The Hall–Kier alpha value is -2.21. The number of nitrogens with one attached hydrogen (secondary N) is 1. The molecule has 0 bridgehead atoms. The van der Waals surface area contributed by atoms with E-state index in [2.05, 4.69) is 15.0 Å². The number of methoxy groups -OCH3 is 1. The van der Waals surface area contributed by atoms with Crippen LogP contribution >= 0.6 is 11.3 Å². The molecular formula is C14H14N2O3S. The van der Waals surface area contributed by atoms with E-state index in [1.807, 2.05) is 30.3 Å². The van der Waals surface area contributed by atoms with Gasteiger partial charge in [-0.05, 0) is 5.56 Å². The number of hydrogen-bond acceptors (Lipinski definition) is 5. The maximum atomic E-state index is 11.8. The molecule has 20 heavy (non-hydrogen) atoms. The number of aromatic nitrogens is 1. The molecular weight excluding hydrogens is 276 g/mol. The summed E-state index contributed by atoms with van der Waals surface area (Å²) < 4.78 is 4.56. The lowest BCUT2D eigenvalue weighted by Crippen LogP contribution is -2.14. The van der Waals surface area contributed by atoms with Crippen molar-refractivity contribution in [2.45, 2.75) is 12.8 Å². The highest BCUT2D eigenvalue weighted by atomic mass is 32.1. The molecule has 1 N–H and O–H groups in total. The highest BCUT2D eigenvalue weighted by molar-refractivity contribution is 7.13. The van der Waals surface area contributed by atoms with Crippen LogP contribution in [0.5, 0.6) is 0 Å². The average molecular weight is 290 g/mol. The third-order valence-corrected chi connectivity index (χ3v) is 3.37. The summed E-state index contributed by atoms with van der Waals surface area (Å²) in [6, 6.07) is 9.47. The van der Waals surface area contributed by atoms with Gasteiger partial charge in [0.25, 0.3) is 0 Å². The third-order valence-electron chi connectivity index (χ3n) is 2.56. The number of benzene rings is 1. The van der Waals surface area contributed by atoms with Crippen molar-refractivity contribution in [3.05, 3.63) is 47.0 Å². The van der Waals surface area contributed by atoms with E-state index >= 15 is 0 Å². The third kappa shape index (κ3) is 4.17. The highest BCUT2D eigenvalue weighted by Crippen LogP contribution is 2.16. The molecule has 0 aliphatic rings. The van der Waals surface area contributed by atoms with Crippen molar-refractivity contribution in [2.24, 2.45) is 0 Å². The van der Waals surface area contributed by atoms with Crippen molar-refractivity contribution in [1.82, 2.24) is 4.98 Å². The second kappa shape index (κ2) is 6.81. The van der Waals surface area contributed by atoms with Crippen molar-refractivity contribution in [3.63, 3.8) is 0 Å². The molecule has 5 nitrogen and oxygen atoms in total. The Kier molecular flexibility index (Phi) is 4.84. The van der Waals surface area contributed by atoms with Crippen LogP contribution in [0.2, 0.25) is 0 Å². The Bertz CT molecular complexity index is 595. The minimum absolute atomic E-state index is 0.113. The average Bonchev–Trinajstić information content (AvgIpc) is 2.86. The van der Waals surface area contributed by atoms with Gasteiger partial charge in [0.1, 0.15) is 0 Å². The zero-order valence-electron chi connectivity index (χ0n) is 11.0. The van der Waals surface area contributed by atoms with Crippen molar-refractivity contribution in [2.75, 3.05) is 12.4 Å². The van der Waals surface area contributed by atoms with E-state index in [9.17, 15) is 9.59 Å². The number of ether oxygens (including phenoxy) is 1. The largest absolute Gasteiger partial charge is 0.469 e. The fourth-order valence-electron chi connectivity index (χ4n) is 1.61. The molecule has 0 radical (unpaired) electrons. The summed E-state index contributed by atoms with van der Waals surface area (Å²) in [6.07, 6.45) is 0.411. The van der Waals surface area contributed by atoms with E-state index < -0.39 is 0 Å². The van der Waals surface area contributed by atoms with Crippen LogP contribution in [0.3, 0.4) is 0 Å². The Morgan fingerprint density at radius 1 is 1.25 bits per heavy atom. The maximum Gasteiger partial charge on any atom is 0.311 e. The summed E-state index contributed by atoms with van der Waals surface area (Å²) in [4.78, 5) is 27.1. The topological polar surface area (TPSA) is 68.3 Å².